The molecule has 0 amide bonds. The Morgan fingerprint density at radius 2 is 1.92 bits per heavy atom. The zero-order valence-corrected chi connectivity index (χ0v) is 9.01. The summed E-state index contributed by atoms with van der Waals surface area (Å²) in [4.78, 5) is 2.33. The second-order valence-electron chi connectivity index (χ2n) is 4.11. The Bertz CT molecular complexity index is 102. The predicted molar refractivity (Wildman–Crippen MR) is 55.2 cm³/mol. The van der Waals surface area contributed by atoms with Crippen LogP contribution >= 0.6 is 0 Å². The largest absolute Gasteiger partial charge is 0.327 e. The maximum atomic E-state index is 5.84. The molecular weight excluding hydrogens is 148 g/mol. The number of likely N-dealkylation sites (N-methyl/N-ethyl adjacent to an activating group) is 1. The van der Waals surface area contributed by atoms with Gasteiger partial charge in [0.1, 0.15) is 0 Å². The predicted octanol–water partition coefficient (Wildman–Crippen LogP) is 1.70. The van der Waals surface area contributed by atoms with Gasteiger partial charge in [0.2, 0.25) is 0 Å². The molecule has 2 heteroatoms. The van der Waals surface area contributed by atoms with Gasteiger partial charge in [0.15, 0.2) is 0 Å². The average molecular weight is 172 g/mol. The summed E-state index contributed by atoms with van der Waals surface area (Å²) in [6.45, 7) is 8.86. The normalized spacial score (nSPS) is 14.2. The van der Waals surface area contributed by atoms with E-state index in [1.807, 2.05) is 0 Å². The Morgan fingerprint density at radius 1 is 1.33 bits per heavy atom. The van der Waals surface area contributed by atoms with Gasteiger partial charge in [-0.05, 0) is 32.4 Å². The van der Waals surface area contributed by atoms with Crippen molar-refractivity contribution in [1.82, 2.24) is 4.90 Å². The quantitative estimate of drug-likeness (QED) is 0.661. The SMILES string of the molecule is CCC(N)CN(C)CCC(C)C. The van der Waals surface area contributed by atoms with Crippen molar-refractivity contribution in [2.24, 2.45) is 11.7 Å². The van der Waals surface area contributed by atoms with Crippen molar-refractivity contribution in [2.75, 3.05) is 20.1 Å². The zero-order valence-electron chi connectivity index (χ0n) is 9.01. The van der Waals surface area contributed by atoms with Crippen molar-refractivity contribution in [3.05, 3.63) is 0 Å². The number of hydrogen-bond donors (Lipinski definition) is 1. The summed E-state index contributed by atoms with van der Waals surface area (Å²) in [5.41, 5.74) is 5.84. The summed E-state index contributed by atoms with van der Waals surface area (Å²) >= 11 is 0. The van der Waals surface area contributed by atoms with Crippen LogP contribution in [0, 0.1) is 5.92 Å². The summed E-state index contributed by atoms with van der Waals surface area (Å²) in [5.74, 6) is 0.797. The Morgan fingerprint density at radius 3 is 2.33 bits per heavy atom. The van der Waals surface area contributed by atoms with Crippen molar-refractivity contribution in [3.8, 4) is 0 Å². The minimum Gasteiger partial charge on any atom is -0.327 e. The lowest BCUT2D eigenvalue weighted by molar-refractivity contribution is 0.289. The van der Waals surface area contributed by atoms with Crippen molar-refractivity contribution in [1.29, 1.82) is 0 Å². The maximum absolute atomic E-state index is 5.84. The molecule has 0 radical (unpaired) electrons. The first kappa shape index (κ1) is 11.9. The first-order valence-corrected chi connectivity index (χ1v) is 5.00. The minimum atomic E-state index is 0.349. The molecule has 0 bridgehead atoms. The highest BCUT2D eigenvalue weighted by Crippen LogP contribution is 2.01. The van der Waals surface area contributed by atoms with Gasteiger partial charge in [-0.15, -0.1) is 0 Å². The first-order chi connectivity index (χ1) is 5.56. The van der Waals surface area contributed by atoms with E-state index < -0.39 is 0 Å². The molecule has 0 heterocycles. The molecule has 0 aromatic heterocycles. The highest BCUT2D eigenvalue weighted by molar-refractivity contribution is 4.64. The third-order valence-electron chi connectivity index (χ3n) is 2.16. The van der Waals surface area contributed by atoms with Crippen LogP contribution in [0.4, 0.5) is 0 Å². The van der Waals surface area contributed by atoms with E-state index in [0.717, 1.165) is 18.9 Å². The molecule has 0 aliphatic heterocycles. The molecule has 2 N–H and O–H groups in total. The van der Waals surface area contributed by atoms with Crippen LogP contribution in [0.1, 0.15) is 33.6 Å². The molecule has 2 nitrogen and oxygen atoms in total. The fraction of sp³-hybridized carbons (Fsp3) is 1.00. The molecule has 74 valence electrons. The van der Waals surface area contributed by atoms with Gasteiger partial charge in [0.25, 0.3) is 0 Å². The van der Waals surface area contributed by atoms with E-state index in [9.17, 15) is 0 Å². The lowest BCUT2D eigenvalue weighted by atomic mass is 10.1. The summed E-state index contributed by atoms with van der Waals surface area (Å²) in [6, 6.07) is 0.349. The van der Waals surface area contributed by atoms with Gasteiger partial charge < -0.3 is 10.6 Å². The third kappa shape index (κ3) is 6.62. The molecule has 0 spiro atoms. The molecule has 0 saturated carbocycles. The van der Waals surface area contributed by atoms with E-state index in [1.54, 1.807) is 0 Å². The summed E-state index contributed by atoms with van der Waals surface area (Å²) in [7, 11) is 2.15. The molecule has 12 heavy (non-hydrogen) atoms. The average Bonchev–Trinajstić information content (AvgIpc) is 2.00. The Balaban J connectivity index is 3.39. The highest BCUT2D eigenvalue weighted by Gasteiger charge is 2.04. The standard InChI is InChI=1S/C10H24N2/c1-5-10(11)8-12(4)7-6-9(2)3/h9-10H,5-8,11H2,1-4H3. The molecule has 1 unspecified atom stereocenters. The lowest BCUT2D eigenvalue weighted by Crippen LogP contribution is -2.35. The van der Waals surface area contributed by atoms with Crippen LogP contribution in [0.25, 0.3) is 0 Å². The molecule has 0 aromatic carbocycles. The van der Waals surface area contributed by atoms with Gasteiger partial charge in [-0.2, -0.15) is 0 Å². The number of hydrogen-bond acceptors (Lipinski definition) is 2. The lowest BCUT2D eigenvalue weighted by Gasteiger charge is -2.20. The van der Waals surface area contributed by atoms with Gasteiger partial charge in [0, 0.05) is 12.6 Å². The molecule has 0 aliphatic rings. The van der Waals surface area contributed by atoms with E-state index in [1.165, 1.54) is 13.0 Å². The van der Waals surface area contributed by atoms with Gasteiger partial charge in [-0.25, -0.2) is 0 Å². The molecular formula is C10H24N2. The van der Waals surface area contributed by atoms with Gasteiger partial charge in [-0.3, -0.25) is 0 Å². The second-order valence-corrected chi connectivity index (χ2v) is 4.11. The molecule has 0 saturated heterocycles. The highest BCUT2D eigenvalue weighted by atomic mass is 15.1. The van der Waals surface area contributed by atoms with E-state index in [4.69, 9.17) is 5.73 Å². The van der Waals surface area contributed by atoms with Crippen LogP contribution in [-0.2, 0) is 0 Å². The van der Waals surface area contributed by atoms with Crippen LogP contribution in [-0.4, -0.2) is 31.1 Å². The molecule has 1 atom stereocenters. The summed E-state index contributed by atoms with van der Waals surface area (Å²) < 4.78 is 0. The van der Waals surface area contributed by atoms with E-state index in [-0.39, 0.29) is 0 Å². The van der Waals surface area contributed by atoms with E-state index in [0.29, 0.717) is 6.04 Å². The summed E-state index contributed by atoms with van der Waals surface area (Å²) in [5, 5.41) is 0. The molecule has 0 fully saturated rings. The van der Waals surface area contributed by atoms with Crippen LogP contribution in [0.5, 0.6) is 0 Å². The van der Waals surface area contributed by atoms with E-state index in [2.05, 4.69) is 32.7 Å². The van der Waals surface area contributed by atoms with Gasteiger partial charge in [0.05, 0.1) is 0 Å². The van der Waals surface area contributed by atoms with E-state index >= 15 is 0 Å². The minimum absolute atomic E-state index is 0.349. The summed E-state index contributed by atoms with van der Waals surface area (Å²) in [6.07, 6.45) is 2.35. The topological polar surface area (TPSA) is 29.3 Å². The monoisotopic (exact) mass is 172 g/mol. The molecule has 0 aromatic rings. The van der Waals surface area contributed by atoms with Crippen molar-refractivity contribution >= 4 is 0 Å². The van der Waals surface area contributed by atoms with Crippen LogP contribution < -0.4 is 5.73 Å². The van der Waals surface area contributed by atoms with Gasteiger partial charge >= 0.3 is 0 Å². The fourth-order valence-corrected chi connectivity index (χ4v) is 1.10. The van der Waals surface area contributed by atoms with Crippen LogP contribution in [0.3, 0.4) is 0 Å². The number of nitrogens with zero attached hydrogens (tertiary/aromatic N) is 1. The second kappa shape index (κ2) is 6.44. The Kier molecular flexibility index (Phi) is 6.39. The zero-order chi connectivity index (χ0) is 9.56. The van der Waals surface area contributed by atoms with Crippen molar-refractivity contribution in [3.63, 3.8) is 0 Å². The first-order valence-electron chi connectivity index (χ1n) is 5.00. The van der Waals surface area contributed by atoms with Gasteiger partial charge in [-0.1, -0.05) is 20.8 Å². The Hall–Kier alpha value is -0.0800. The molecule has 0 aliphatic carbocycles. The van der Waals surface area contributed by atoms with Crippen molar-refractivity contribution < 1.29 is 0 Å². The van der Waals surface area contributed by atoms with Crippen LogP contribution in [0.15, 0.2) is 0 Å². The fourth-order valence-electron chi connectivity index (χ4n) is 1.10. The smallest absolute Gasteiger partial charge is 0.0165 e. The number of rotatable bonds is 6. The Labute approximate surface area is 77.1 Å². The third-order valence-corrected chi connectivity index (χ3v) is 2.16. The molecule has 0 rings (SSSR count). The number of nitrogens with two attached hydrogens (primary N) is 1. The maximum Gasteiger partial charge on any atom is 0.0165 e. The van der Waals surface area contributed by atoms with Crippen LogP contribution in [0.2, 0.25) is 0 Å². The van der Waals surface area contributed by atoms with Crippen molar-refractivity contribution in [2.45, 2.75) is 39.7 Å².